The molecule has 1 heterocycles. The van der Waals surface area contributed by atoms with Crippen molar-refractivity contribution in [1.29, 1.82) is 0 Å². The number of likely N-dealkylation sites (N-methyl/N-ethyl adjacent to an activating group) is 1. The van der Waals surface area contributed by atoms with Crippen molar-refractivity contribution in [3.05, 3.63) is 35.5 Å². The van der Waals surface area contributed by atoms with Crippen LogP contribution < -0.4 is 4.90 Å². The minimum atomic E-state index is -0.246. The molecule has 0 radical (unpaired) electrons. The molecule has 1 N–H and O–H groups in total. The third-order valence-electron chi connectivity index (χ3n) is 2.65. The molecular formula is C13H15FN2OS. The van der Waals surface area contributed by atoms with Crippen molar-refractivity contribution in [3.8, 4) is 11.3 Å². The number of aromatic nitrogens is 1. The minimum absolute atomic E-state index is 0.110. The van der Waals surface area contributed by atoms with Crippen molar-refractivity contribution < 1.29 is 9.50 Å². The Labute approximate surface area is 110 Å². The molecule has 0 aliphatic rings. The molecule has 0 unspecified atom stereocenters. The molecule has 18 heavy (non-hydrogen) atoms. The van der Waals surface area contributed by atoms with Gasteiger partial charge in [0.1, 0.15) is 5.82 Å². The smallest absolute Gasteiger partial charge is 0.185 e. The van der Waals surface area contributed by atoms with Gasteiger partial charge in [-0.05, 0) is 31.2 Å². The molecule has 0 spiro atoms. The molecule has 0 bridgehead atoms. The second kappa shape index (κ2) is 5.93. The van der Waals surface area contributed by atoms with Gasteiger partial charge in [0.2, 0.25) is 0 Å². The first-order chi connectivity index (χ1) is 8.74. The van der Waals surface area contributed by atoms with Gasteiger partial charge >= 0.3 is 0 Å². The van der Waals surface area contributed by atoms with E-state index in [4.69, 9.17) is 5.11 Å². The highest BCUT2D eigenvalue weighted by Gasteiger charge is 2.10. The van der Waals surface area contributed by atoms with E-state index < -0.39 is 0 Å². The van der Waals surface area contributed by atoms with Crippen LogP contribution in [-0.4, -0.2) is 29.8 Å². The lowest BCUT2D eigenvalue weighted by Gasteiger charge is -2.17. The topological polar surface area (TPSA) is 36.4 Å². The van der Waals surface area contributed by atoms with Crippen LogP contribution in [0.4, 0.5) is 9.52 Å². The number of thiazole rings is 1. The van der Waals surface area contributed by atoms with E-state index in [1.54, 1.807) is 12.1 Å². The van der Waals surface area contributed by atoms with E-state index in [1.165, 1.54) is 23.5 Å². The monoisotopic (exact) mass is 266 g/mol. The summed E-state index contributed by atoms with van der Waals surface area (Å²) < 4.78 is 12.8. The summed E-state index contributed by atoms with van der Waals surface area (Å²) in [6.45, 7) is 3.51. The van der Waals surface area contributed by atoms with Crippen LogP contribution in [0.1, 0.15) is 6.92 Å². The van der Waals surface area contributed by atoms with Crippen molar-refractivity contribution in [2.45, 2.75) is 6.92 Å². The molecule has 1 aromatic carbocycles. The maximum atomic E-state index is 12.8. The van der Waals surface area contributed by atoms with Gasteiger partial charge in [0.25, 0.3) is 0 Å². The summed E-state index contributed by atoms with van der Waals surface area (Å²) in [5, 5.41) is 11.8. The quantitative estimate of drug-likeness (QED) is 0.904. The van der Waals surface area contributed by atoms with Crippen LogP contribution >= 0.6 is 11.3 Å². The van der Waals surface area contributed by atoms with E-state index in [9.17, 15) is 4.39 Å². The first-order valence-corrected chi connectivity index (χ1v) is 6.70. The van der Waals surface area contributed by atoms with Crippen molar-refractivity contribution >= 4 is 16.5 Å². The number of rotatable bonds is 5. The average molecular weight is 266 g/mol. The first kappa shape index (κ1) is 13.0. The molecule has 0 aliphatic heterocycles. The number of hydrogen-bond acceptors (Lipinski definition) is 4. The molecule has 0 saturated carbocycles. The summed E-state index contributed by atoms with van der Waals surface area (Å²) in [7, 11) is 0. The Hall–Kier alpha value is -1.46. The minimum Gasteiger partial charge on any atom is -0.395 e. The van der Waals surface area contributed by atoms with Crippen molar-refractivity contribution in [1.82, 2.24) is 4.98 Å². The molecule has 2 aromatic rings. The predicted octanol–water partition coefficient (Wildman–Crippen LogP) is 2.77. The summed E-state index contributed by atoms with van der Waals surface area (Å²) in [5.74, 6) is -0.246. The number of hydrogen-bond donors (Lipinski definition) is 1. The first-order valence-electron chi connectivity index (χ1n) is 5.82. The molecule has 0 amide bonds. The zero-order valence-electron chi connectivity index (χ0n) is 10.1. The average Bonchev–Trinajstić information content (AvgIpc) is 2.86. The van der Waals surface area contributed by atoms with Crippen LogP contribution in [0.5, 0.6) is 0 Å². The predicted molar refractivity (Wildman–Crippen MR) is 72.5 cm³/mol. The van der Waals surface area contributed by atoms with E-state index >= 15 is 0 Å². The standard InChI is InChI=1S/C13H15FN2OS/c1-2-16(7-8-17)13-15-12(9-18-13)10-3-5-11(14)6-4-10/h3-6,9,17H,2,7-8H2,1H3. The third-order valence-corrected chi connectivity index (χ3v) is 3.56. The molecule has 0 aliphatic carbocycles. The fraction of sp³-hybridized carbons (Fsp3) is 0.308. The molecular weight excluding hydrogens is 251 g/mol. The summed E-state index contributed by atoms with van der Waals surface area (Å²) in [5.41, 5.74) is 1.74. The Balaban J connectivity index is 2.21. The van der Waals surface area contributed by atoms with Gasteiger partial charge in [0.05, 0.1) is 12.3 Å². The molecule has 0 fully saturated rings. The van der Waals surface area contributed by atoms with E-state index in [2.05, 4.69) is 4.98 Å². The second-order valence-corrected chi connectivity index (χ2v) is 4.66. The number of nitrogens with zero attached hydrogens (tertiary/aromatic N) is 2. The fourth-order valence-corrected chi connectivity index (χ4v) is 2.60. The molecule has 2 rings (SSSR count). The SMILES string of the molecule is CCN(CCO)c1nc(-c2ccc(F)cc2)cs1. The van der Waals surface area contributed by atoms with E-state index in [0.29, 0.717) is 6.54 Å². The normalized spacial score (nSPS) is 10.6. The highest BCUT2D eigenvalue weighted by atomic mass is 32.1. The summed E-state index contributed by atoms with van der Waals surface area (Å²) >= 11 is 1.53. The second-order valence-electron chi connectivity index (χ2n) is 3.83. The summed E-state index contributed by atoms with van der Waals surface area (Å²) in [6, 6.07) is 6.30. The zero-order chi connectivity index (χ0) is 13.0. The number of aliphatic hydroxyl groups is 1. The maximum Gasteiger partial charge on any atom is 0.185 e. The largest absolute Gasteiger partial charge is 0.395 e. The summed E-state index contributed by atoms with van der Waals surface area (Å²) in [4.78, 5) is 6.52. The van der Waals surface area contributed by atoms with Crippen molar-refractivity contribution in [2.75, 3.05) is 24.6 Å². The van der Waals surface area contributed by atoms with E-state index in [0.717, 1.165) is 22.9 Å². The number of anilines is 1. The summed E-state index contributed by atoms with van der Waals surface area (Å²) in [6.07, 6.45) is 0. The van der Waals surface area contributed by atoms with Gasteiger partial charge in [-0.15, -0.1) is 11.3 Å². The van der Waals surface area contributed by atoms with Crippen molar-refractivity contribution in [2.24, 2.45) is 0 Å². The van der Waals surface area contributed by atoms with Crippen LogP contribution in [-0.2, 0) is 0 Å². The van der Waals surface area contributed by atoms with Gasteiger partial charge in [-0.25, -0.2) is 9.37 Å². The Bertz CT molecular complexity index is 498. The van der Waals surface area contributed by atoms with Crippen LogP contribution in [0.15, 0.2) is 29.6 Å². The Morgan fingerprint density at radius 1 is 1.33 bits per heavy atom. The maximum absolute atomic E-state index is 12.8. The van der Waals surface area contributed by atoms with E-state index in [-0.39, 0.29) is 12.4 Å². The van der Waals surface area contributed by atoms with Gasteiger partial charge in [-0.1, -0.05) is 0 Å². The van der Waals surface area contributed by atoms with Gasteiger partial charge < -0.3 is 10.0 Å². The molecule has 3 nitrogen and oxygen atoms in total. The van der Waals surface area contributed by atoms with Crippen LogP contribution in [0.2, 0.25) is 0 Å². The highest BCUT2D eigenvalue weighted by Crippen LogP contribution is 2.27. The van der Waals surface area contributed by atoms with Gasteiger partial charge in [0.15, 0.2) is 5.13 Å². The lowest BCUT2D eigenvalue weighted by Crippen LogP contribution is -2.25. The van der Waals surface area contributed by atoms with Crippen LogP contribution in [0.25, 0.3) is 11.3 Å². The molecule has 0 atom stereocenters. The number of halogens is 1. The Morgan fingerprint density at radius 3 is 2.67 bits per heavy atom. The highest BCUT2D eigenvalue weighted by molar-refractivity contribution is 7.14. The third kappa shape index (κ3) is 2.86. The Morgan fingerprint density at radius 2 is 2.06 bits per heavy atom. The molecule has 1 aromatic heterocycles. The van der Waals surface area contributed by atoms with Crippen molar-refractivity contribution in [3.63, 3.8) is 0 Å². The van der Waals surface area contributed by atoms with Gasteiger partial charge in [0, 0.05) is 24.0 Å². The number of aliphatic hydroxyl groups excluding tert-OH is 1. The number of benzene rings is 1. The lowest BCUT2D eigenvalue weighted by atomic mass is 10.2. The Kier molecular flexibility index (Phi) is 4.28. The van der Waals surface area contributed by atoms with Gasteiger partial charge in [-0.2, -0.15) is 0 Å². The van der Waals surface area contributed by atoms with Crippen LogP contribution in [0, 0.1) is 5.82 Å². The zero-order valence-corrected chi connectivity index (χ0v) is 11.0. The molecule has 0 saturated heterocycles. The fourth-order valence-electron chi connectivity index (χ4n) is 1.67. The van der Waals surface area contributed by atoms with Crippen LogP contribution in [0.3, 0.4) is 0 Å². The molecule has 96 valence electrons. The van der Waals surface area contributed by atoms with E-state index in [1.807, 2.05) is 17.2 Å². The van der Waals surface area contributed by atoms with Gasteiger partial charge in [-0.3, -0.25) is 0 Å². The lowest BCUT2D eigenvalue weighted by molar-refractivity contribution is 0.302. The molecule has 5 heteroatoms.